The van der Waals surface area contributed by atoms with Crippen molar-refractivity contribution >= 4 is 11.8 Å². The third kappa shape index (κ3) is 5.22. The maximum absolute atomic E-state index is 8.73. The molecule has 0 radical (unpaired) electrons. The van der Waals surface area contributed by atoms with E-state index >= 15 is 0 Å². The van der Waals surface area contributed by atoms with E-state index in [9.17, 15) is 0 Å². The Morgan fingerprint density at radius 2 is 1.90 bits per heavy atom. The zero-order chi connectivity index (χ0) is 15.1. The van der Waals surface area contributed by atoms with E-state index in [1.165, 1.54) is 5.56 Å². The van der Waals surface area contributed by atoms with Crippen molar-refractivity contribution in [3.8, 4) is 11.8 Å². The molecule has 4 heteroatoms. The Bertz CT molecular complexity index is 654. The Morgan fingerprint density at radius 1 is 1.14 bits per heavy atom. The van der Waals surface area contributed by atoms with Gasteiger partial charge in [0.15, 0.2) is 5.16 Å². The van der Waals surface area contributed by atoms with Gasteiger partial charge in [0, 0.05) is 29.1 Å². The fraction of sp³-hybridized carbons (Fsp3) is 0.294. The van der Waals surface area contributed by atoms with E-state index in [1.807, 2.05) is 32.0 Å². The average Bonchev–Trinajstić information content (AvgIpc) is 2.45. The number of thioether (sulfide) groups is 1. The van der Waals surface area contributed by atoms with E-state index in [0.717, 1.165) is 27.9 Å². The SMILES string of the molecule is Cc1cc(C)nc(SCc2cccc(C#CCCO)c2)n1. The number of aliphatic hydroxyl groups is 1. The molecule has 2 aromatic rings. The van der Waals surface area contributed by atoms with Crippen LogP contribution in [0.15, 0.2) is 35.5 Å². The molecular formula is C17H18N2OS. The lowest BCUT2D eigenvalue weighted by Gasteiger charge is -2.03. The van der Waals surface area contributed by atoms with E-state index in [4.69, 9.17) is 5.11 Å². The topological polar surface area (TPSA) is 46.0 Å². The van der Waals surface area contributed by atoms with E-state index < -0.39 is 0 Å². The predicted molar refractivity (Wildman–Crippen MR) is 86.1 cm³/mol. The second-order valence-corrected chi connectivity index (χ2v) is 5.64. The van der Waals surface area contributed by atoms with E-state index in [-0.39, 0.29) is 6.61 Å². The van der Waals surface area contributed by atoms with Crippen molar-refractivity contribution in [1.82, 2.24) is 9.97 Å². The first kappa shape index (κ1) is 15.6. The first-order chi connectivity index (χ1) is 10.2. The number of benzene rings is 1. The molecule has 0 spiro atoms. The van der Waals surface area contributed by atoms with Gasteiger partial charge in [0.2, 0.25) is 0 Å². The second-order valence-electron chi connectivity index (χ2n) is 4.70. The van der Waals surface area contributed by atoms with Crippen LogP contribution in [0.1, 0.15) is 28.9 Å². The highest BCUT2D eigenvalue weighted by Crippen LogP contribution is 2.20. The fourth-order valence-corrected chi connectivity index (χ4v) is 2.76. The predicted octanol–water partition coefficient (Wildman–Crippen LogP) is 3.12. The summed E-state index contributed by atoms with van der Waals surface area (Å²) >= 11 is 1.63. The molecule has 0 amide bonds. The minimum Gasteiger partial charge on any atom is -0.395 e. The number of hydrogen-bond donors (Lipinski definition) is 1. The van der Waals surface area contributed by atoms with Crippen molar-refractivity contribution in [2.24, 2.45) is 0 Å². The first-order valence-electron chi connectivity index (χ1n) is 6.81. The number of aromatic nitrogens is 2. The molecule has 1 heterocycles. The lowest BCUT2D eigenvalue weighted by atomic mass is 10.1. The Morgan fingerprint density at radius 3 is 2.62 bits per heavy atom. The lowest BCUT2D eigenvalue weighted by Crippen LogP contribution is -1.93. The van der Waals surface area contributed by atoms with Crippen molar-refractivity contribution < 1.29 is 5.11 Å². The van der Waals surface area contributed by atoms with Gasteiger partial charge in [-0.15, -0.1) is 0 Å². The average molecular weight is 298 g/mol. The van der Waals surface area contributed by atoms with Crippen LogP contribution in [0.4, 0.5) is 0 Å². The van der Waals surface area contributed by atoms with Gasteiger partial charge < -0.3 is 5.11 Å². The molecule has 3 nitrogen and oxygen atoms in total. The zero-order valence-electron chi connectivity index (χ0n) is 12.3. The molecule has 0 atom stereocenters. The van der Waals surface area contributed by atoms with E-state index in [1.54, 1.807) is 11.8 Å². The van der Waals surface area contributed by atoms with Gasteiger partial charge in [0.25, 0.3) is 0 Å². The summed E-state index contributed by atoms with van der Waals surface area (Å²) < 4.78 is 0. The van der Waals surface area contributed by atoms with Gasteiger partial charge in [-0.1, -0.05) is 35.7 Å². The van der Waals surface area contributed by atoms with Crippen LogP contribution in [0.5, 0.6) is 0 Å². The van der Waals surface area contributed by atoms with Gasteiger partial charge in [-0.25, -0.2) is 9.97 Å². The summed E-state index contributed by atoms with van der Waals surface area (Å²) in [6.45, 7) is 4.07. The molecule has 0 bridgehead atoms. The summed E-state index contributed by atoms with van der Waals surface area (Å²) in [7, 11) is 0. The zero-order valence-corrected chi connectivity index (χ0v) is 13.1. The quantitative estimate of drug-likeness (QED) is 0.535. The van der Waals surface area contributed by atoms with Gasteiger partial charge in [-0.2, -0.15) is 0 Å². The van der Waals surface area contributed by atoms with Crippen LogP contribution in [-0.4, -0.2) is 21.7 Å². The summed E-state index contributed by atoms with van der Waals surface area (Å²) in [5, 5.41) is 9.54. The number of nitrogens with zero attached hydrogens (tertiary/aromatic N) is 2. The molecule has 0 fully saturated rings. The van der Waals surface area contributed by atoms with Gasteiger partial charge in [-0.05, 0) is 37.6 Å². The fourth-order valence-electron chi connectivity index (χ4n) is 1.87. The molecule has 21 heavy (non-hydrogen) atoms. The Hall–Kier alpha value is -1.83. The number of aryl methyl sites for hydroxylation is 2. The van der Waals surface area contributed by atoms with Crippen molar-refractivity contribution in [2.75, 3.05) is 6.61 Å². The van der Waals surface area contributed by atoms with Crippen molar-refractivity contribution in [1.29, 1.82) is 0 Å². The molecule has 0 aliphatic rings. The van der Waals surface area contributed by atoms with Crippen LogP contribution in [0.25, 0.3) is 0 Å². The minimum absolute atomic E-state index is 0.104. The molecule has 0 saturated carbocycles. The smallest absolute Gasteiger partial charge is 0.188 e. The Labute approximate surface area is 129 Å². The summed E-state index contributed by atoms with van der Waals surface area (Å²) in [4.78, 5) is 8.86. The highest BCUT2D eigenvalue weighted by atomic mass is 32.2. The Kier molecular flexibility index (Phi) is 5.79. The molecule has 1 N–H and O–H groups in total. The van der Waals surface area contributed by atoms with Gasteiger partial charge in [0.1, 0.15) is 0 Å². The third-order valence-electron chi connectivity index (χ3n) is 2.73. The van der Waals surface area contributed by atoms with Crippen molar-refractivity contribution in [3.63, 3.8) is 0 Å². The van der Waals surface area contributed by atoms with Gasteiger partial charge >= 0.3 is 0 Å². The number of aliphatic hydroxyl groups excluding tert-OH is 1. The third-order valence-corrected chi connectivity index (χ3v) is 3.64. The summed E-state index contributed by atoms with van der Waals surface area (Å²) in [5.41, 5.74) is 4.16. The van der Waals surface area contributed by atoms with Crippen molar-refractivity contribution in [2.45, 2.75) is 31.2 Å². The molecule has 1 aromatic heterocycles. The molecule has 1 aromatic carbocycles. The molecule has 108 valence electrons. The van der Waals surface area contributed by atoms with E-state index in [0.29, 0.717) is 6.42 Å². The normalized spacial score (nSPS) is 10.0. The van der Waals surface area contributed by atoms with Gasteiger partial charge in [-0.3, -0.25) is 0 Å². The number of hydrogen-bond acceptors (Lipinski definition) is 4. The molecule has 0 saturated heterocycles. The van der Waals surface area contributed by atoms with Crippen LogP contribution in [0.2, 0.25) is 0 Å². The van der Waals surface area contributed by atoms with Crippen molar-refractivity contribution in [3.05, 3.63) is 52.8 Å². The molecule has 2 rings (SSSR count). The van der Waals surface area contributed by atoms with Crippen LogP contribution >= 0.6 is 11.8 Å². The number of rotatable bonds is 4. The molecule has 0 aliphatic heterocycles. The summed E-state index contributed by atoms with van der Waals surface area (Å²) in [6.07, 6.45) is 0.509. The maximum Gasteiger partial charge on any atom is 0.188 e. The second kappa shape index (κ2) is 7.82. The standard InChI is InChI=1S/C17H18N2OS/c1-13-10-14(2)19-17(18-13)21-12-16-8-5-7-15(11-16)6-3-4-9-20/h5,7-8,10-11,20H,4,9,12H2,1-2H3. The Balaban J connectivity index is 2.03. The first-order valence-corrected chi connectivity index (χ1v) is 7.79. The van der Waals surface area contributed by atoms with Crippen LogP contribution in [-0.2, 0) is 5.75 Å². The van der Waals surface area contributed by atoms with Crippen LogP contribution < -0.4 is 0 Å². The van der Waals surface area contributed by atoms with Crippen LogP contribution in [0.3, 0.4) is 0 Å². The molecule has 0 aliphatic carbocycles. The maximum atomic E-state index is 8.73. The molecule has 0 unspecified atom stereocenters. The monoisotopic (exact) mass is 298 g/mol. The summed E-state index contributed by atoms with van der Waals surface area (Å²) in [6, 6.07) is 10.1. The highest BCUT2D eigenvalue weighted by molar-refractivity contribution is 7.98. The molecular weight excluding hydrogens is 280 g/mol. The largest absolute Gasteiger partial charge is 0.395 e. The summed E-state index contributed by atoms with van der Waals surface area (Å²) in [5.74, 6) is 6.81. The van der Waals surface area contributed by atoms with Gasteiger partial charge in [0.05, 0.1) is 6.61 Å². The van der Waals surface area contributed by atoms with E-state index in [2.05, 4.69) is 33.9 Å². The lowest BCUT2D eigenvalue weighted by molar-refractivity contribution is 0.305. The highest BCUT2D eigenvalue weighted by Gasteiger charge is 2.02. The minimum atomic E-state index is 0.104. The van der Waals surface area contributed by atoms with Crippen LogP contribution in [0, 0.1) is 25.7 Å².